The molecule has 0 radical (unpaired) electrons. The molecule has 0 bridgehead atoms. The number of hydrogen-bond acceptors (Lipinski definition) is 4. The van der Waals surface area contributed by atoms with Crippen LogP contribution in [0.2, 0.25) is 0 Å². The third-order valence-corrected chi connectivity index (χ3v) is 2.32. The lowest BCUT2D eigenvalue weighted by Crippen LogP contribution is -2.21. The maximum absolute atomic E-state index is 10.9. The van der Waals surface area contributed by atoms with Crippen molar-refractivity contribution in [3.63, 3.8) is 0 Å². The number of anilines is 1. The molecule has 0 spiro atoms. The number of rotatable bonds is 3. The Balaban J connectivity index is 2.64. The van der Waals surface area contributed by atoms with Gasteiger partial charge in [0.25, 0.3) is 0 Å². The van der Waals surface area contributed by atoms with E-state index in [2.05, 4.69) is 24.1 Å². The van der Waals surface area contributed by atoms with E-state index in [0.29, 0.717) is 11.0 Å². The van der Waals surface area contributed by atoms with Gasteiger partial charge >= 0.3 is 0 Å². The molecular formula is C8H13N3OS. The minimum atomic E-state index is -0.204. The van der Waals surface area contributed by atoms with Gasteiger partial charge in [-0.2, -0.15) is 0 Å². The fraction of sp³-hybridized carbons (Fsp3) is 0.500. The van der Waals surface area contributed by atoms with Crippen LogP contribution in [-0.2, 0) is 4.79 Å². The molecule has 1 heterocycles. The van der Waals surface area contributed by atoms with Crippen LogP contribution in [0.1, 0.15) is 25.5 Å². The van der Waals surface area contributed by atoms with Crippen LogP contribution in [0.3, 0.4) is 0 Å². The fourth-order valence-corrected chi connectivity index (χ4v) is 1.67. The summed E-state index contributed by atoms with van der Waals surface area (Å²) in [6, 6.07) is 0. The van der Waals surface area contributed by atoms with Crippen molar-refractivity contribution < 1.29 is 4.79 Å². The SMILES string of the molecule is CC(C)c1csc(NC(=O)CN)n1. The second-order valence-corrected chi connectivity index (χ2v) is 3.84. The highest BCUT2D eigenvalue weighted by Gasteiger charge is 2.06. The van der Waals surface area contributed by atoms with Crippen LogP contribution in [0.15, 0.2) is 5.38 Å². The van der Waals surface area contributed by atoms with E-state index in [9.17, 15) is 4.79 Å². The third kappa shape index (κ3) is 2.78. The Labute approximate surface area is 81.2 Å². The molecule has 4 nitrogen and oxygen atoms in total. The van der Waals surface area contributed by atoms with Gasteiger partial charge < -0.3 is 11.1 Å². The summed E-state index contributed by atoms with van der Waals surface area (Å²) >= 11 is 1.42. The van der Waals surface area contributed by atoms with E-state index in [4.69, 9.17) is 5.73 Å². The van der Waals surface area contributed by atoms with Crippen molar-refractivity contribution in [3.05, 3.63) is 11.1 Å². The topological polar surface area (TPSA) is 68.0 Å². The van der Waals surface area contributed by atoms with Gasteiger partial charge in [0.1, 0.15) is 0 Å². The number of nitrogens with one attached hydrogen (secondary N) is 1. The second kappa shape index (κ2) is 4.34. The summed E-state index contributed by atoms with van der Waals surface area (Å²) in [5, 5.41) is 5.18. The highest BCUT2D eigenvalue weighted by atomic mass is 32.1. The summed E-state index contributed by atoms with van der Waals surface area (Å²) in [6.45, 7) is 4.11. The zero-order valence-corrected chi connectivity index (χ0v) is 8.52. The molecule has 1 aromatic rings. The Morgan fingerprint density at radius 2 is 2.46 bits per heavy atom. The van der Waals surface area contributed by atoms with E-state index in [1.165, 1.54) is 11.3 Å². The highest BCUT2D eigenvalue weighted by molar-refractivity contribution is 7.13. The van der Waals surface area contributed by atoms with Crippen LogP contribution in [0.5, 0.6) is 0 Å². The molecule has 13 heavy (non-hydrogen) atoms. The quantitative estimate of drug-likeness (QED) is 0.767. The molecule has 0 atom stereocenters. The van der Waals surface area contributed by atoms with Crippen molar-refractivity contribution in [1.29, 1.82) is 0 Å². The normalized spacial score (nSPS) is 10.5. The van der Waals surface area contributed by atoms with Gasteiger partial charge in [-0.05, 0) is 5.92 Å². The predicted octanol–water partition coefficient (Wildman–Crippen LogP) is 1.16. The van der Waals surface area contributed by atoms with Crippen LogP contribution in [0.25, 0.3) is 0 Å². The first-order chi connectivity index (χ1) is 6.13. The summed E-state index contributed by atoms with van der Waals surface area (Å²) in [5.74, 6) is 0.185. The first kappa shape index (κ1) is 10.1. The van der Waals surface area contributed by atoms with Gasteiger partial charge in [0.15, 0.2) is 5.13 Å². The van der Waals surface area contributed by atoms with E-state index in [-0.39, 0.29) is 12.5 Å². The van der Waals surface area contributed by atoms with Crippen molar-refractivity contribution >= 4 is 22.4 Å². The minimum Gasteiger partial charge on any atom is -0.322 e. The van der Waals surface area contributed by atoms with E-state index < -0.39 is 0 Å². The molecule has 0 aliphatic carbocycles. The minimum absolute atomic E-state index is 0.00338. The van der Waals surface area contributed by atoms with Crippen LogP contribution in [0.4, 0.5) is 5.13 Å². The molecule has 1 rings (SSSR count). The van der Waals surface area contributed by atoms with Gasteiger partial charge in [0.2, 0.25) is 5.91 Å². The zero-order valence-electron chi connectivity index (χ0n) is 7.70. The molecule has 0 aliphatic heterocycles. The highest BCUT2D eigenvalue weighted by Crippen LogP contribution is 2.20. The third-order valence-electron chi connectivity index (χ3n) is 1.55. The van der Waals surface area contributed by atoms with Gasteiger partial charge in [-0.15, -0.1) is 11.3 Å². The summed E-state index contributed by atoms with van der Waals surface area (Å²) in [5.41, 5.74) is 6.15. The summed E-state index contributed by atoms with van der Waals surface area (Å²) in [6.07, 6.45) is 0. The number of amides is 1. The number of carbonyl (C=O) groups excluding carboxylic acids is 1. The number of thiazole rings is 1. The lowest BCUT2D eigenvalue weighted by molar-refractivity contribution is -0.114. The molecule has 1 aromatic heterocycles. The van der Waals surface area contributed by atoms with Crippen LogP contribution in [-0.4, -0.2) is 17.4 Å². The number of carbonyl (C=O) groups is 1. The molecule has 0 saturated carbocycles. The van der Waals surface area contributed by atoms with Gasteiger partial charge in [-0.1, -0.05) is 13.8 Å². The molecule has 3 N–H and O–H groups in total. The van der Waals surface area contributed by atoms with E-state index in [1.54, 1.807) is 0 Å². The molecule has 0 aromatic carbocycles. The molecule has 72 valence electrons. The van der Waals surface area contributed by atoms with Gasteiger partial charge in [-0.3, -0.25) is 4.79 Å². The molecule has 1 amide bonds. The average Bonchev–Trinajstić information content (AvgIpc) is 2.52. The molecule has 0 fully saturated rings. The first-order valence-corrected chi connectivity index (χ1v) is 4.96. The fourth-order valence-electron chi connectivity index (χ4n) is 0.779. The van der Waals surface area contributed by atoms with Crippen molar-refractivity contribution in [2.75, 3.05) is 11.9 Å². The van der Waals surface area contributed by atoms with Gasteiger partial charge in [0.05, 0.1) is 12.2 Å². The first-order valence-electron chi connectivity index (χ1n) is 4.09. The van der Waals surface area contributed by atoms with Crippen molar-refractivity contribution in [3.8, 4) is 0 Å². The molecule has 5 heteroatoms. The Morgan fingerprint density at radius 1 is 1.77 bits per heavy atom. The van der Waals surface area contributed by atoms with Crippen LogP contribution in [0, 0.1) is 0 Å². The Bertz CT molecular complexity index is 295. The smallest absolute Gasteiger partial charge is 0.239 e. The van der Waals surface area contributed by atoms with Crippen molar-refractivity contribution in [2.45, 2.75) is 19.8 Å². The number of nitrogens with two attached hydrogens (primary N) is 1. The van der Waals surface area contributed by atoms with Gasteiger partial charge in [0, 0.05) is 5.38 Å². The largest absolute Gasteiger partial charge is 0.322 e. The summed E-state index contributed by atoms with van der Waals surface area (Å²) < 4.78 is 0. The van der Waals surface area contributed by atoms with E-state index in [1.807, 2.05) is 5.38 Å². The molecule has 0 saturated heterocycles. The monoisotopic (exact) mass is 199 g/mol. The van der Waals surface area contributed by atoms with Crippen molar-refractivity contribution in [1.82, 2.24) is 4.98 Å². The molecule has 0 aliphatic rings. The molecule has 0 unspecified atom stereocenters. The van der Waals surface area contributed by atoms with E-state index in [0.717, 1.165) is 5.69 Å². The number of nitrogens with zero attached hydrogens (tertiary/aromatic N) is 1. The van der Waals surface area contributed by atoms with Crippen LogP contribution >= 0.6 is 11.3 Å². The van der Waals surface area contributed by atoms with Crippen molar-refractivity contribution in [2.24, 2.45) is 5.73 Å². The Hall–Kier alpha value is -0.940. The lowest BCUT2D eigenvalue weighted by Gasteiger charge is -1.98. The Kier molecular flexibility index (Phi) is 3.39. The molecular weight excluding hydrogens is 186 g/mol. The second-order valence-electron chi connectivity index (χ2n) is 2.98. The maximum Gasteiger partial charge on any atom is 0.239 e. The standard InChI is InChI=1S/C8H13N3OS/c1-5(2)6-4-13-8(10-6)11-7(12)3-9/h4-5H,3,9H2,1-2H3,(H,10,11,12). The Morgan fingerprint density at radius 3 is 2.92 bits per heavy atom. The summed E-state index contributed by atoms with van der Waals surface area (Å²) in [7, 11) is 0. The average molecular weight is 199 g/mol. The predicted molar refractivity (Wildman–Crippen MR) is 53.9 cm³/mol. The van der Waals surface area contributed by atoms with Gasteiger partial charge in [-0.25, -0.2) is 4.98 Å². The van der Waals surface area contributed by atoms with Crippen LogP contribution < -0.4 is 11.1 Å². The lowest BCUT2D eigenvalue weighted by atomic mass is 10.2. The zero-order chi connectivity index (χ0) is 9.84. The number of hydrogen-bond donors (Lipinski definition) is 2. The number of aromatic nitrogens is 1. The summed E-state index contributed by atoms with van der Waals surface area (Å²) in [4.78, 5) is 15.1. The maximum atomic E-state index is 10.9. The van der Waals surface area contributed by atoms with E-state index >= 15 is 0 Å².